The largest absolute Gasteiger partial charge is 0.379 e. The van der Waals surface area contributed by atoms with E-state index in [4.69, 9.17) is 4.74 Å². The molecule has 2 aromatic carbocycles. The molecule has 31 heavy (non-hydrogen) atoms. The number of hydrogen-bond acceptors (Lipinski definition) is 4. The number of hydrogen-bond donors (Lipinski definition) is 0. The Hall–Kier alpha value is -2.92. The van der Waals surface area contributed by atoms with Crippen LogP contribution >= 0.6 is 0 Å². The van der Waals surface area contributed by atoms with Crippen LogP contribution in [0.3, 0.4) is 0 Å². The summed E-state index contributed by atoms with van der Waals surface area (Å²) >= 11 is 0. The summed E-state index contributed by atoms with van der Waals surface area (Å²) < 4.78 is 5.62. The number of ether oxygens (including phenoxy) is 1. The molecule has 0 bridgehead atoms. The molecule has 0 radical (unpaired) electrons. The van der Waals surface area contributed by atoms with Crippen molar-refractivity contribution >= 4 is 23.1 Å². The maximum atomic E-state index is 13.6. The van der Waals surface area contributed by atoms with Gasteiger partial charge in [-0.25, -0.2) is 0 Å². The molecule has 2 aromatic rings. The fourth-order valence-electron chi connectivity index (χ4n) is 4.47. The van der Waals surface area contributed by atoms with Gasteiger partial charge in [0.15, 0.2) is 0 Å². The van der Waals surface area contributed by atoms with E-state index in [1.54, 1.807) is 0 Å². The van der Waals surface area contributed by atoms with E-state index in [9.17, 15) is 9.59 Å². The molecule has 5 nitrogen and oxygen atoms in total. The summed E-state index contributed by atoms with van der Waals surface area (Å²) in [6, 6.07) is 14.2. The van der Waals surface area contributed by atoms with E-state index in [-0.39, 0.29) is 17.9 Å². The molecule has 2 aliphatic rings. The Morgan fingerprint density at radius 2 is 1.81 bits per heavy atom. The first-order chi connectivity index (χ1) is 14.9. The van der Waals surface area contributed by atoms with Crippen LogP contribution in [-0.2, 0) is 20.7 Å². The summed E-state index contributed by atoms with van der Waals surface area (Å²) in [5.74, 6) is -0.415. The summed E-state index contributed by atoms with van der Waals surface area (Å²) in [6.45, 7) is 9.58. The molecule has 0 atom stereocenters. The molecule has 0 aromatic heterocycles. The Balaban J connectivity index is 1.74. The minimum absolute atomic E-state index is 0.130. The number of imide groups is 1. The van der Waals surface area contributed by atoms with E-state index in [0.29, 0.717) is 37.4 Å². The van der Waals surface area contributed by atoms with Crippen molar-refractivity contribution in [3.05, 3.63) is 70.4 Å². The highest BCUT2D eigenvalue weighted by molar-refractivity contribution is 6.37. The lowest BCUT2D eigenvalue weighted by Gasteiger charge is -2.22. The van der Waals surface area contributed by atoms with E-state index in [0.717, 1.165) is 28.8 Å². The van der Waals surface area contributed by atoms with E-state index < -0.39 is 0 Å². The summed E-state index contributed by atoms with van der Waals surface area (Å²) in [7, 11) is 0. The van der Waals surface area contributed by atoms with E-state index in [2.05, 4.69) is 12.1 Å². The van der Waals surface area contributed by atoms with E-state index >= 15 is 0 Å². The number of anilines is 1. The Morgan fingerprint density at radius 1 is 1.03 bits per heavy atom. The second-order valence-corrected chi connectivity index (χ2v) is 8.61. The SMILES string of the molecule is Cc1ccc(C2=C(N3CCc4ccccc43)C(=O)N(CCCOC(C)C)C2=O)c(C)c1. The predicted molar refractivity (Wildman–Crippen MR) is 123 cm³/mol. The first-order valence-corrected chi connectivity index (χ1v) is 11.0. The maximum absolute atomic E-state index is 13.6. The first-order valence-electron chi connectivity index (χ1n) is 11.0. The molecule has 2 heterocycles. The monoisotopic (exact) mass is 418 g/mol. The summed E-state index contributed by atoms with van der Waals surface area (Å²) in [4.78, 5) is 30.5. The third-order valence-corrected chi connectivity index (χ3v) is 5.93. The van der Waals surface area contributed by atoms with Crippen molar-refractivity contribution in [2.75, 3.05) is 24.6 Å². The third-order valence-electron chi connectivity index (χ3n) is 5.93. The Kier molecular flexibility index (Phi) is 5.96. The highest BCUT2D eigenvalue weighted by Gasteiger charge is 2.43. The predicted octanol–water partition coefficient (Wildman–Crippen LogP) is 4.26. The zero-order chi connectivity index (χ0) is 22.1. The summed E-state index contributed by atoms with van der Waals surface area (Å²) in [6.07, 6.45) is 1.62. The lowest BCUT2D eigenvalue weighted by molar-refractivity contribution is -0.137. The highest BCUT2D eigenvalue weighted by Crippen LogP contribution is 2.39. The Labute approximate surface area is 184 Å². The van der Waals surface area contributed by atoms with E-state index in [1.807, 2.05) is 62.9 Å². The van der Waals surface area contributed by atoms with Gasteiger partial charge in [-0.1, -0.05) is 42.0 Å². The van der Waals surface area contributed by atoms with Crippen LogP contribution in [0, 0.1) is 13.8 Å². The quantitative estimate of drug-likeness (QED) is 0.498. The van der Waals surface area contributed by atoms with Gasteiger partial charge in [0.1, 0.15) is 5.70 Å². The molecule has 4 rings (SSSR count). The van der Waals surface area contributed by atoms with Crippen molar-refractivity contribution in [1.29, 1.82) is 0 Å². The van der Waals surface area contributed by atoms with Crippen molar-refractivity contribution in [2.45, 2.75) is 46.6 Å². The van der Waals surface area contributed by atoms with Gasteiger partial charge in [-0.15, -0.1) is 0 Å². The van der Waals surface area contributed by atoms with Crippen LogP contribution in [0.5, 0.6) is 0 Å². The average Bonchev–Trinajstić information content (AvgIpc) is 3.24. The second-order valence-electron chi connectivity index (χ2n) is 8.61. The highest BCUT2D eigenvalue weighted by atomic mass is 16.5. The van der Waals surface area contributed by atoms with Gasteiger partial charge in [-0.3, -0.25) is 14.5 Å². The zero-order valence-corrected chi connectivity index (χ0v) is 18.8. The van der Waals surface area contributed by atoms with Crippen LogP contribution in [0.4, 0.5) is 5.69 Å². The van der Waals surface area contributed by atoms with Gasteiger partial charge in [-0.05, 0) is 63.3 Å². The maximum Gasteiger partial charge on any atom is 0.278 e. The van der Waals surface area contributed by atoms with Gasteiger partial charge in [-0.2, -0.15) is 0 Å². The van der Waals surface area contributed by atoms with Crippen LogP contribution < -0.4 is 4.90 Å². The molecule has 0 fully saturated rings. The number of fused-ring (bicyclic) bond motifs is 1. The van der Waals surface area contributed by atoms with E-state index in [1.165, 1.54) is 10.5 Å². The number of benzene rings is 2. The minimum Gasteiger partial charge on any atom is -0.379 e. The lowest BCUT2D eigenvalue weighted by Crippen LogP contribution is -2.36. The van der Waals surface area contributed by atoms with Crippen LogP contribution in [-0.4, -0.2) is 42.5 Å². The van der Waals surface area contributed by atoms with Crippen molar-refractivity contribution in [3.8, 4) is 0 Å². The molecular weight excluding hydrogens is 388 g/mol. The molecule has 5 heteroatoms. The van der Waals surface area contributed by atoms with Crippen molar-refractivity contribution in [2.24, 2.45) is 0 Å². The first kappa shape index (κ1) is 21.3. The average molecular weight is 419 g/mol. The third kappa shape index (κ3) is 4.02. The summed E-state index contributed by atoms with van der Waals surface area (Å²) in [5.41, 5.74) is 6.23. The number of nitrogens with zero attached hydrogens (tertiary/aromatic N) is 2. The van der Waals surface area contributed by atoms with Gasteiger partial charge in [0, 0.05) is 25.4 Å². The molecule has 0 spiro atoms. The van der Waals surface area contributed by atoms with Crippen molar-refractivity contribution < 1.29 is 14.3 Å². The molecule has 2 amide bonds. The number of aryl methyl sites for hydroxylation is 2. The minimum atomic E-state index is -0.208. The van der Waals surface area contributed by atoms with Crippen molar-refractivity contribution in [3.63, 3.8) is 0 Å². The topological polar surface area (TPSA) is 49.9 Å². The van der Waals surface area contributed by atoms with Gasteiger partial charge in [0.2, 0.25) is 0 Å². The molecule has 0 aliphatic carbocycles. The number of carbonyl (C=O) groups is 2. The molecule has 0 saturated carbocycles. The molecule has 0 saturated heterocycles. The van der Waals surface area contributed by atoms with Gasteiger partial charge >= 0.3 is 0 Å². The number of rotatable bonds is 7. The normalized spacial score (nSPS) is 16.2. The molecule has 2 aliphatic heterocycles. The number of para-hydroxylation sites is 1. The van der Waals surface area contributed by atoms with Crippen LogP contribution in [0.2, 0.25) is 0 Å². The fourth-order valence-corrected chi connectivity index (χ4v) is 4.47. The Bertz CT molecular complexity index is 1050. The second kappa shape index (κ2) is 8.67. The van der Waals surface area contributed by atoms with Crippen LogP contribution in [0.15, 0.2) is 48.2 Å². The standard InChI is InChI=1S/C26H30N2O3/c1-17(2)31-15-7-13-28-25(29)23(21-11-10-18(3)16-19(21)4)24(26(28)30)27-14-12-20-8-5-6-9-22(20)27/h5-6,8-11,16-17H,7,12-15H2,1-4H3. The smallest absolute Gasteiger partial charge is 0.278 e. The van der Waals surface area contributed by atoms with Gasteiger partial charge in [0.05, 0.1) is 11.7 Å². The van der Waals surface area contributed by atoms with Crippen LogP contribution in [0.25, 0.3) is 5.57 Å². The number of amides is 2. The Morgan fingerprint density at radius 3 is 2.55 bits per heavy atom. The fraction of sp³-hybridized carbons (Fsp3) is 0.385. The van der Waals surface area contributed by atoms with Crippen molar-refractivity contribution in [1.82, 2.24) is 4.90 Å². The van der Waals surface area contributed by atoms with Crippen LogP contribution in [0.1, 0.15) is 42.5 Å². The summed E-state index contributed by atoms with van der Waals surface area (Å²) in [5, 5.41) is 0. The molecule has 0 unspecified atom stereocenters. The molecule has 0 N–H and O–H groups in total. The lowest BCUT2D eigenvalue weighted by atomic mass is 9.97. The van der Waals surface area contributed by atoms with Gasteiger partial charge in [0.25, 0.3) is 11.8 Å². The van der Waals surface area contributed by atoms with Gasteiger partial charge < -0.3 is 9.64 Å². The molecule has 162 valence electrons. The molecular formula is C26H30N2O3. The zero-order valence-electron chi connectivity index (χ0n) is 18.8. The number of carbonyl (C=O) groups excluding carboxylic acids is 2.